The van der Waals surface area contributed by atoms with Gasteiger partial charge in [-0.1, -0.05) is 42.5 Å². The number of hydrogen-bond acceptors (Lipinski definition) is 9. The molecule has 0 amide bonds. The summed E-state index contributed by atoms with van der Waals surface area (Å²) in [4.78, 5) is 21.8. The summed E-state index contributed by atoms with van der Waals surface area (Å²) in [7, 11) is 4.20. The molecular formula is C32H35N7OS2. The second-order valence-corrected chi connectivity index (χ2v) is 13.3. The zero-order chi connectivity index (χ0) is 29.2. The molecule has 216 valence electrons. The molecule has 3 aromatic heterocycles. The molecule has 0 saturated carbocycles. The van der Waals surface area contributed by atoms with Crippen LogP contribution in [0, 0.1) is 6.92 Å². The van der Waals surface area contributed by atoms with Crippen molar-refractivity contribution in [1.29, 1.82) is 0 Å². The van der Waals surface area contributed by atoms with Crippen molar-refractivity contribution >= 4 is 45.2 Å². The van der Waals surface area contributed by atoms with Crippen LogP contribution >= 0.6 is 11.3 Å². The first-order chi connectivity index (χ1) is 20.3. The largest absolute Gasteiger partial charge is 0.593 e. The first-order valence-electron chi connectivity index (χ1n) is 14.1. The van der Waals surface area contributed by atoms with Crippen LogP contribution in [-0.2, 0) is 17.9 Å². The first kappa shape index (κ1) is 28.6. The Morgan fingerprint density at radius 3 is 2.60 bits per heavy atom. The van der Waals surface area contributed by atoms with Gasteiger partial charge in [-0.05, 0) is 69.4 Å². The number of nitrogens with one attached hydrogen (secondary N) is 2. The van der Waals surface area contributed by atoms with Crippen LogP contribution in [0.1, 0.15) is 29.2 Å². The average molecular weight is 598 g/mol. The summed E-state index contributed by atoms with van der Waals surface area (Å²) >= 11 is 0.581. The second kappa shape index (κ2) is 12.4. The predicted molar refractivity (Wildman–Crippen MR) is 173 cm³/mol. The molecule has 1 saturated heterocycles. The van der Waals surface area contributed by atoms with E-state index < -0.39 is 11.4 Å². The van der Waals surface area contributed by atoms with E-state index in [-0.39, 0.29) is 12.1 Å². The fourth-order valence-corrected chi connectivity index (χ4v) is 7.23. The number of aromatic nitrogens is 3. The first-order valence-corrected chi connectivity index (χ1v) is 16.0. The molecule has 4 heterocycles. The molecule has 0 radical (unpaired) electrons. The number of benzene rings is 2. The maximum Gasteiger partial charge on any atom is 0.173 e. The molecule has 42 heavy (non-hydrogen) atoms. The van der Waals surface area contributed by atoms with Crippen LogP contribution in [0.15, 0.2) is 83.9 Å². The van der Waals surface area contributed by atoms with Crippen LogP contribution in [0.3, 0.4) is 0 Å². The lowest BCUT2D eigenvalue weighted by atomic mass is 10.1. The molecule has 2 N–H and O–H groups in total. The minimum Gasteiger partial charge on any atom is -0.593 e. The Hall–Kier alpha value is -3.54. The molecule has 1 aliphatic heterocycles. The molecule has 1 aliphatic rings. The van der Waals surface area contributed by atoms with Crippen molar-refractivity contribution in [3.05, 3.63) is 95.3 Å². The highest BCUT2D eigenvalue weighted by Gasteiger charge is 2.32. The number of fused-ring (bicyclic) bond motifs is 1. The summed E-state index contributed by atoms with van der Waals surface area (Å²) in [6.45, 7) is 6.45. The normalized spacial score (nSPS) is 15.1. The maximum absolute atomic E-state index is 12.6. The number of nitrogens with zero attached hydrogens (tertiary/aromatic N) is 5. The molecule has 2 atom stereocenters. The molecule has 2 unspecified atom stereocenters. The summed E-state index contributed by atoms with van der Waals surface area (Å²) < 4.78 is 15.9. The van der Waals surface area contributed by atoms with E-state index in [2.05, 4.69) is 93.3 Å². The van der Waals surface area contributed by atoms with Gasteiger partial charge in [0.25, 0.3) is 0 Å². The van der Waals surface area contributed by atoms with Crippen molar-refractivity contribution in [3.63, 3.8) is 0 Å². The quantitative estimate of drug-likeness (QED) is 0.195. The van der Waals surface area contributed by atoms with E-state index in [1.807, 2.05) is 54.8 Å². The number of anilines is 2. The highest BCUT2D eigenvalue weighted by Crippen LogP contribution is 2.36. The van der Waals surface area contributed by atoms with Gasteiger partial charge in [-0.2, -0.15) is 0 Å². The highest BCUT2D eigenvalue weighted by molar-refractivity contribution is 7.89. The molecule has 5 aromatic rings. The second-order valence-electron chi connectivity index (χ2n) is 10.9. The summed E-state index contributed by atoms with van der Waals surface area (Å²) in [5.41, 5.74) is 3.41. The van der Waals surface area contributed by atoms with Crippen LogP contribution in [0.5, 0.6) is 0 Å². The Labute approximate surface area is 254 Å². The number of thiophene rings is 1. The number of aryl methyl sites for hydroxylation is 1. The highest BCUT2D eigenvalue weighted by atomic mass is 32.2. The Balaban J connectivity index is 1.17. The van der Waals surface area contributed by atoms with E-state index in [1.54, 1.807) is 0 Å². The van der Waals surface area contributed by atoms with Crippen LogP contribution in [0.2, 0.25) is 0 Å². The third-order valence-corrected chi connectivity index (χ3v) is 9.84. The van der Waals surface area contributed by atoms with Crippen molar-refractivity contribution in [3.8, 4) is 10.4 Å². The van der Waals surface area contributed by atoms with Crippen molar-refractivity contribution < 1.29 is 4.55 Å². The van der Waals surface area contributed by atoms with Gasteiger partial charge in [-0.25, -0.2) is 15.0 Å². The third-order valence-electron chi connectivity index (χ3n) is 7.29. The van der Waals surface area contributed by atoms with Gasteiger partial charge in [0.15, 0.2) is 4.90 Å². The van der Waals surface area contributed by atoms with Gasteiger partial charge in [-0.15, -0.1) is 16.1 Å². The van der Waals surface area contributed by atoms with Gasteiger partial charge in [0.05, 0.1) is 35.2 Å². The Morgan fingerprint density at radius 2 is 1.81 bits per heavy atom. The Morgan fingerprint density at radius 1 is 1.05 bits per heavy atom. The monoisotopic (exact) mass is 597 g/mol. The topological polar surface area (TPSA) is 92.3 Å². The molecule has 2 aromatic carbocycles. The van der Waals surface area contributed by atoms with Gasteiger partial charge in [0.2, 0.25) is 0 Å². The molecule has 0 spiro atoms. The Bertz CT molecular complexity index is 1670. The van der Waals surface area contributed by atoms with Gasteiger partial charge in [0, 0.05) is 34.8 Å². The third kappa shape index (κ3) is 6.28. The van der Waals surface area contributed by atoms with Crippen LogP contribution in [0.25, 0.3) is 21.3 Å². The van der Waals surface area contributed by atoms with Crippen molar-refractivity contribution in [2.45, 2.75) is 37.4 Å². The van der Waals surface area contributed by atoms with Crippen LogP contribution < -0.4 is 14.9 Å². The van der Waals surface area contributed by atoms with Gasteiger partial charge < -0.3 is 19.7 Å². The van der Waals surface area contributed by atoms with E-state index in [4.69, 9.17) is 4.98 Å². The molecule has 1 fully saturated rings. The number of pyridine rings is 1. The van der Waals surface area contributed by atoms with Gasteiger partial charge in [-0.3, -0.25) is 0 Å². The lowest BCUT2D eigenvalue weighted by molar-refractivity contribution is 0.403. The van der Waals surface area contributed by atoms with E-state index in [0.29, 0.717) is 5.82 Å². The Kier molecular flexibility index (Phi) is 8.41. The van der Waals surface area contributed by atoms with Gasteiger partial charge >= 0.3 is 0 Å². The zero-order valence-corrected chi connectivity index (χ0v) is 25.9. The predicted octanol–water partition coefficient (Wildman–Crippen LogP) is 5.80. The number of rotatable bonds is 10. The smallest absolute Gasteiger partial charge is 0.173 e. The minimum atomic E-state index is -1.23. The van der Waals surface area contributed by atoms with Gasteiger partial charge in [0.1, 0.15) is 17.5 Å². The zero-order valence-electron chi connectivity index (χ0n) is 24.2. The average Bonchev–Trinajstić information content (AvgIpc) is 3.45. The minimum absolute atomic E-state index is 0.0597. The summed E-state index contributed by atoms with van der Waals surface area (Å²) in [5, 5.41) is 4.60. The fourth-order valence-electron chi connectivity index (χ4n) is 5.17. The van der Waals surface area contributed by atoms with Crippen molar-refractivity contribution in [1.82, 2.24) is 24.6 Å². The van der Waals surface area contributed by atoms with Crippen molar-refractivity contribution in [2.75, 3.05) is 37.4 Å². The standard InChI is InChI=1S/C32H35N7OS2/c1-21(29-14-15-30(41-29)26-13-9-8-10-23(26)18-38(3)4)34-32-27-16-31(33-17-28(27)35-22(2)36-32)39-19-24(20-39)37-42(40)25-11-6-5-7-12-25/h5-17,21,24,37H,18-20H2,1-4H3,(H,34,35,36). The SMILES string of the molecule is Cc1nc(NC(C)c2ccc(-c3ccccc3CN(C)C)s2)c2cc(N3CC(N[S+]([O-])c4ccccc4)C3)ncc2n1. The fraction of sp³-hybridized carbons (Fsp3) is 0.281. The van der Waals surface area contributed by atoms with E-state index in [9.17, 15) is 4.55 Å². The van der Waals surface area contributed by atoms with E-state index >= 15 is 0 Å². The summed E-state index contributed by atoms with van der Waals surface area (Å²) in [6.07, 6.45) is 1.82. The molecule has 0 bridgehead atoms. The lowest BCUT2D eigenvalue weighted by Crippen LogP contribution is -2.59. The summed E-state index contributed by atoms with van der Waals surface area (Å²) in [5.74, 6) is 2.37. The van der Waals surface area contributed by atoms with Crippen LogP contribution in [-0.4, -0.2) is 57.6 Å². The molecule has 0 aliphatic carbocycles. The van der Waals surface area contributed by atoms with E-state index in [0.717, 1.165) is 47.1 Å². The van der Waals surface area contributed by atoms with Crippen LogP contribution in [0.4, 0.5) is 11.6 Å². The molecule has 8 nitrogen and oxygen atoms in total. The van der Waals surface area contributed by atoms with Crippen molar-refractivity contribution in [2.24, 2.45) is 0 Å². The number of hydrogen-bond donors (Lipinski definition) is 2. The maximum atomic E-state index is 12.6. The van der Waals surface area contributed by atoms with E-state index in [1.165, 1.54) is 20.9 Å². The lowest BCUT2D eigenvalue weighted by Gasteiger charge is -2.39. The molecular weight excluding hydrogens is 563 g/mol. The molecule has 6 rings (SSSR count). The summed E-state index contributed by atoms with van der Waals surface area (Å²) in [6, 6.07) is 24.8. The molecule has 10 heteroatoms.